The van der Waals surface area contributed by atoms with Gasteiger partial charge in [-0.05, 0) is 65.2 Å². The number of benzene rings is 1. The van der Waals surface area contributed by atoms with Crippen molar-refractivity contribution in [3.8, 4) is 0 Å². The summed E-state index contributed by atoms with van der Waals surface area (Å²) in [6, 6.07) is 3.34. The van der Waals surface area contributed by atoms with E-state index in [4.69, 9.17) is 21.1 Å². The molecule has 0 bridgehead atoms. The van der Waals surface area contributed by atoms with Crippen LogP contribution in [-0.4, -0.2) is 65.8 Å². The number of rotatable bonds is 6. The van der Waals surface area contributed by atoms with Gasteiger partial charge in [-0.25, -0.2) is 9.18 Å². The van der Waals surface area contributed by atoms with Gasteiger partial charge in [-0.15, -0.1) is 0 Å². The molecule has 1 aromatic rings. The van der Waals surface area contributed by atoms with Crippen molar-refractivity contribution in [1.29, 1.82) is 0 Å². The summed E-state index contributed by atoms with van der Waals surface area (Å²) < 4.78 is 25.1. The Bertz CT molecular complexity index is 1010. The van der Waals surface area contributed by atoms with Crippen LogP contribution in [0.15, 0.2) is 18.2 Å². The molecule has 3 rings (SSSR count). The van der Waals surface area contributed by atoms with Crippen LogP contribution in [0.2, 0.25) is 5.02 Å². The fourth-order valence-electron chi connectivity index (χ4n) is 4.64. The van der Waals surface area contributed by atoms with E-state index >= 15 is 0 Å². The summed E-state index contributed by atoms with van der Waals surface area (Å²) in [7, 11) is 0. The van der Waals surface area contributed by atoms with Gasteiger partial charge in [0.25, 0.3) is 0 Å². The van der Waals surface area contributed by atoms with E-state index in [2.05, 4.69) is 5.32 Å². The molecular weight excluding hydrogens is 489 g/mol. The zero-order chi connectivity index (χ0) is 27.0. The number of halogens is 2. The smallest absolute Gasteiger partial charge is 0.408 e. The van der Waals surface area contributed by atoms with Gasteiger partial charge in [0.05, 0.1) is 29.2 Å². The fraction of sp³-hybridized carbons (Fsp3) is 0.654. The van der Waals surface area contributed by atoms with Crippen LogP contribution in [0, 0.1) is 17.7 Å². The number of hydrogen-bond donors (Lipinski definition) is 1. The number of nitrogens with one attached hydrogen (secondary N) is 1. The van der Waals surface area contributed by atoms with Crippen molar-refractivity contribution in [3.63, 3.8) is 0 Å². The van der Waals surface area contributed by atoms with Gasteiger partial charge in [0.2, 0.25) is 5.91 Å². The van der Waals surface area contributed by atoms with E-state index in [-0.39, 0.29) is 48.4 Å². The molecule has 2 saturated heterocycles. The van der Waals surface area contributed by atoms with Crippen LogP contribution in [0.4, 0.5) is 14.9 Å². The number of carbonyl (C=O) groups is 3. The molecule has 36 heavy (non-hydrogen) atoms. The first-order chi connectivity index (χ1) is 16.6. The first kappa shape index (κ1) is 28.2. The number of nitrogens with zero attached hydrogens (tertiary/aromatic N) is 2. The quantitative estimate of drug-likeness (QED) is 0.554. The van der Waals surface area contributed by atoms with E-state index in [1.165, 1.54) is 23.1 Å². The maximum atomic E-state index is 13.9. The molecule has 0 radical (unpaired) electrons. The lowest BCUT2D eigenvalue weighted by molar-refractivity contribution is -0.146. The summed E-state index contributed by atoms with van der Waals surface area (Å²) in [6.45, 7) is 13.7. The molecule has 2 aliphatic rings. The van der Waals surface area contributed by atoms with E-state index in [1.807, 2.05) is 32.6 Å². The Kier molecular flexibility index (Phi) is 8.25. The first-order valence-corrected chi connectivity index (χ1v) is 12.7. The Morgan fingerprint density at radius 2 is 1.97 bits per heavy atom. The largest absolute Gasteiger partial charge is 0.460 e. The predicted molar refractivity (Wildman–Crippen MR) is 135 cm³/mol. The normalized spacial score (nSPS) is 23.6. The van der Waals surface area contributed by atoms with Crippen molar-refractivity contribution in [2.75, 3.05) is 24.5 Å². The van der Waals surface area contributed by atoms with Gasteiger partial charge >= 0.3 is 12.1 Å². The average molecular weight is 526 g/mol. The maximum absolute atomic E-state index is 13.9. The van der Waals surface area contributed by atoms with E-state index in [0.717, 1.165) is 0 Å². The van der Waals surface area contributed by atoms with E-state index in [1.54, 1.807) is 20.8 Å². The third-order valence-corrected chi connectivity index (χ3v) is 6.98. The van der Waals surface area contributed by atoms with Crippen LogP contribution in [0.25, 0.3) is 0 Å². The molecule has 0 aliphatic carbocycles. The fourth-order valence-corrected chi connectivity index (χ4v) is 4.86. The lowest BCUT2D eigenvalue weighted by Gasteiger charge is -2.48. The van der Waals surface area contributed by atoms with Crippen LogP contribution < -0.4 is 10.2 Å². The summed E-state index contributed by atoms with van der Waals surface area (Å²) in [6.07, 6.45) is -0.714. The van der Waals surface area contributed by atoms with Gasteiger partial charge in [0, 0.05) is 18.6 Å². The molecule has 1 aromatic carbocycles. The van der Waals surface area contributed by atoms with Crippen molar-refractivity contribution in [2.45, 2.75) is 78.2 Å². The molecule has 0 aromatic heterocycles. The summed E-state index contributed by atoms with van der Waals surface area (Å²) in [4.78, 5) is 41.8. The van der Waals surface area contributed by atoms with Crippen molar-refractivity contribution < 1.29 is 28.2 Å². The van der Waals surface area contributed by atoms with Crippen molar-refractivity contribution in [2.24, 2.45) is 11.8 Å². The number of amides is 2. The zero-order valence-electron chi connectivity index (χ0n) is 22.1. The minimum absolute atomic E-state index is 0.0145. The summed E-state index contributed by atoms with van der Waals surface area (Å²) in [5, 5.41) is 3.17. The highest BCUT2D eigenvalue weighted by Crippen LogP contribution is 2.34. The Labute approximate surface area is 217 Å². The lowest BCUT2D eigenvalue weighted by Crippen LogP contribution is -2.65. The molecule has 1 N–H and O–H groups in total. The van der Waals surface area contributed by atoms with Crippen molar-refractivity contribution in [1.82, 2.24) is 10.2 Å². The van der Waals surface area contributed by atoms with Crippen molar-refractivity contribution in [3.05, 3.63) is 29.0 Å². The number of cyclic esters (lactones) is 1. The van der Waals surface area contributed by atoms with Gasteiger partial charge in [-0.3, -0.25) is 14.5 Å². The molecule has 2 amide bonds. The third kappa shape index (κ3) is 6.68. The number of carbonyl (C=O) groups excluding carboxylic acids is 3. The summed E-state index contributed by atoms with van der Waals surface area (Å²) in [5.74, 6) is -1.18. The van der Waals surface area contributed by atoms with Crippen LogP contribution in [0.3, 0.4) is 0 Å². The molecule has 10 heteroatoms. The van der Waals surface area contributed by atoms with Gasteiger partial charge in [0.15, 0.2) is 0 Å². The Morgan fingerprint density at radius 1 is 1.31 bits per heavy atom. The molecule has 2 fully saturated rings. The van der Waals surface area contributed by atoms with E-state index in [9.17, 15) is 18.8 Å². The Balaban J connectivity index is 1.82. The van der Waals surface area contributed by atoms with E-state index in [0.29, 0.717) is 12.1 Å². The minimum Gasteiger partial charge on any atom is -0.460 e. The molecule has 3 atom stereocenters. The highest BCUT2D eigenvalue weighted by Gasteiger charge is 2.45. The maximum Gasteiger partial charge on any atom is 0.408 e. The van der Waals surface area contributed by atoms with Crippen LogP contribution in [0.5, 0.6) is 0 Å². The summed E-state index contributed by atoms with van der Waals surface area (Å²) >= 11 is 6.27. The standard InChI is InChI=1S/C26H37ClFN3O5/c1-15(2)17-11-21(35-23(17)33)19(29-24(34)36-25(3,4)5)12-30-13-22(32)31(14-26(30,6)7)20-10-16(28)8-9-18(20)27/h8-10,15,17,19,21H,11-14H2,1-7H3,(H,29,34)/t17-,19-,21-/m0/s1. The van der Waals surface area contributed by atoms with Crippen LogP contribution in [0.1, 0.15) is 54.9 Å². The van der Waals surface area contributed by atoms with Gasteiger partial charge in [-0.1, -0.05) is 25.4 Å². The summed E-state index contributed by atoms with van der Waals surface area (Å²) in [5.41, 5.74) is -0.938. The SMILES string of the molecule is CC(C)[C@@H]1C[C@@H]([C@H](CN2CC(=O)N(c3cc(F)ccc3Cl)CC2(C)C)NC(=O)OC(C)(C)C)OC1=O. The van der Waals surface area contributed by atoms with Gasteiger partial charge in [-0.2, -0.15) is 0 Å². The monoisotopic (exact) mass is 525 g/mol. The number of alkyl carbamates (subject to hydrolysis) is 1. The second kappa shape index (κ2) is 10.5. The molecule has 200 valence electrons. The number of esters is 1. The number of piperazine rings is 1. The molecule has 2 aliphatic heterocycles. The topological polar surface area (TPSA) is 88.2 Å². The second-order valence-corrected chi connectivity index (χ2v) is 12.0. The average Bonchev–Trinajstić information content (AvgIpc) is 3.12. The van der Waals surface area contributed by atoms with Gasteiger partial charge in [0.1, 0.15) is 17.5 Å². The molecule has 0 unspecified atom stereocenters. The number of hydrogen-bond acceptors (Lipinski definition) is 6. The highest BCUT2D eigenvalue weighted by atomic mass is 35.5. The minimum atomic E-state index is -0.702. The zero-order valence-corrected chi connectivity index (χ0v) is 22.8. The number of ether oxygens (including phenoxy) is 2. The van der Waals surface area contributed by atoms with Crippen LogP contribution >= 0.6 is 11.6 Å². The Hall–Kier alpha value is -2.39. The van der Waals surface area contributed by atoms with Crippen molar-refractivity contribution >= 4 is 35.3 Å². The second-order valence-electron chi connectivity index (χ2n) is 11.6. The first-order valence-electron chi connectivity index (χ1n) is 12.3. The molecule has 2 heterocycles. The third-order valence-electron chi connectivity index (χ3n) is 6.66. The molecule has 0 saturated carbocycles. The Morgan fingerprint density at radius 3 is 2.56 bits per heavy atom. The number of anilines is 1. The molecular formula is C26H37ClFN3O5. The lowest BCUT2D eigenvalue weighted by atomic mass is 9.90. The molecule has 8 nitrogen and oxygen atoms in total. The van der Waals surface area contributed by atoms with Crippen LogP contribution in [-0.2, 0) is 19.1 Å². The van der Waals surface area contributed by atoms with E-state index < -0.39 is 35.2 Å². The predicted octanol–water partition coefficient (Wildman–Crippen LogP) is 4.39. The highest BCUT2D eigenvalue weighted by molar-refractivity contribution is 6.33. The molecule has 0 spiro atoms. The van der Waals surface area contributed by atoms with Gasteiger partial charge < -0.3 is 19.7 Å².